The normalized spacial score (nSPS) is 10.5. The van der Waals surface area contributed by atoms with Gasteiger partial charge in [-0.1, -0.05) is 6.08 Å². The van der Waals surface area contributed by atoms with Gasteiger partial charge in [0.2, 0.25) is 0 Å². The molecule has 5 heteroatoms. The van der Waals surface area contributed by atoms with E-state index in [1.165, 1.54) is 13.2 Å². The molecule has 1 aromatic carbocycles. The van der Waals surface area contributed by atoms with Crippen LogP contribution in [0, 0.1) is 0 Å². The second-order valence-electron chi connectivity index (χ2n) is 4.14. The van der Waals surface area contributed by atoms with E-state index in [1.54, 1.807) is 41.7 Å². The van der Waals surface area contributed by atoms with Crippen molar-refractivity contribution in [2.75, 3.05) is 13.7 Å². The minimum absolute atomic E-state index is 0.0827. The minimum Gasteiger partial charge on any atom is -0.482 e. The van der Waals surface area contributed by atoms with Gasteiger partial charge in [-0.25, -0.2) is 4.79 Å². The van der Waals surface area contributed by atoms with Gasteiger partial charge in [-0.05, 0) is 52.7 Å². The average Bonchev–Trinajstić information content (AvgIpc) is 3.04. The van der Waals surface area contributed by atoms with Crippen molar-refractivity contribution in [2.45, 2.75) is 0 Å². The maximum Gasteiger partial charge on any atom is 0.343 e. The van der Waals surface area contributed by atoms with E-state index >= 15 is 0 Å². The maximum atomic E-state index is 12.0. The highest BCUT2D eigenvalue weighted by atomic mass is 32.1. The molecule has 0 amide bonds. The Balaban J connectivity index is 1.95. The molecule has 0 saturated heterocycles. The van der Waals surface area contributed by atoms with Crippen molar-refractivity contribution in [3.8, 4) is 5.75 Å². The lowest BCUT2D eigenvalue weighted by atomic mass is 10.1. The summed E-state index contributed by atoms with van der Waals surface area (Å²) in [6.45, 7) is -0.151. The number of carbonyl (C=O) groups is 2. The van der Waals surface area contributed by atoms with Gasteiger partial charge in [0.15, 0.2) is 12.4 Å². The van der Waals surface area contributed by atoms with Gasteiger partial charge in [0.05, 0.1) is 7.11 Å². The van der Waals surface area contributed by atoms with E-state index in [0.717, 1.165) is 5.56 Å². The second-order valence-corrected chi connectivity index (χ2v) is 4.92. The fourth-order valence-corrected chi connectivity index (χ4v) is 2.18. The number of ketones is 1. The summed E-state index contributed by atoms with van der Waals surface area (Å²) in [6, 6.07) is 8.56. The van der Waals surface area contributed by atoms with Crippen molar-refractivity contribution in [2.24, 2.45) is 0 Å². The van der Waals surface area contributed by atoms with Crippen LogP contribution in [0.25, 0.3) is 6.08 Å². The number of hydrogen-bond acceptors (Lipinski definition) is 5. The number of rotatable bonds is 6. The van der Waals surface area contributed by atoms with Gasteiger partial charge in [-0.3, -0.25) is 4.79 Å². The number of carbonyl (C=O) groups excluding carboxylic acids is 2. The van der Waals surface area contributed by atoms with E-state index in [1.807, 2.05) is 16.8 Å². The fraction of sp³-hybridized carbons (Fsp3) is 0.125. The van der Waals surface area contributed by atoms with Crippen molar-refractivity contribution >= 4 is 29.2 Å². The molecular formula is C16H14O4S. The summed E-state index contributed by atoms with van der Waals surface area (Å²) in [5, 5.41) is 3.92. The fourth-order valence-electron chi connectivity index (χ4n) is 1.55. The molecule has 108 valence electrons. The Kier molecular flexibility index (Phi) is 5.29. The van der Waals surface area contributed by atoms with Crippen LogP contribution in [0.1, 0.15) is 15.9 Å². The highest BCUT2D eigenvalue weighted by molar-refractivity contribution is 7.08. The van der Waals surface area contributed by atoms with E-state index in [2.05, 4.69) is 4.74 Å². The number of hydrogen-bond donors (Lipinski definition) is 0. The molecule has 0 spiro atoms. The third kappa shape index (κ3) is 4.57. The number of benzene rings is 1. The molecule has 0 bridgehead atoms. The molecule has 1 aromatic heterocycles. The van der Waals surface area contributed by atoms with Crippen LogP contribution >= 0.6 is 11.3 Å². The lowest BCUT2D eigenvalue weighted by molar-refractivity contribution is -0.142. The summed E-state index contributed by atoms with van der Waals surface area (Å²) in [7, 11) is 1.30. The van der Waals surface area contributed by atoms with Gasteiger partial charge >= 0.3 is 5.97 Å². The molecule has 0 radical (unpaired) electrons. The molecule has 0 saturated carbocycles. The molecular weight excluding hydrogens is 288 g/mol. The van der Waals surface area contributed by atoms with Crippen LogP contribution in [-0.2, 0) is 9.53 Å². The minimum atomic E-state index is -0.450. The summed E-state index contributed by atoms with van der Waals surface area (Å²) >= 11 is 1.58. The smallest absolute Gasteiger partial charge is 0.343 e. The molecule has 21 heavy (non-hydrogen) atoms. The Bertz CT molecular complexity index is 627. The lowest BCUT2D eigenvalue weighted by Crippen LogP contribution is -2.12. The molecule has 0 fully saturated rings. The molecule has 0 unspecified atom stereocenters. The number of methoxy groups -OCH3 is 1. The van der Waals surface area contributed by atoms with Gasteiger partial charge in [-0.2, -0.15) is 11.3 Å². The number of thiophene rings is 1. The van der Waals surface area contributed by atoms with Gasteiger partial charge in [0.1, 0.15) is 5.75 Å². The summed E-state index contributed by atoms with van der Waals surface area (Å²) < 4.78 is 9.68. The van der Waals surface area contributed by atoms with Crippen molar-refractivity contribution in [1.82, 2.24) is 0 Å². The molecule has 4 nitrogen and oxygen atoms in total. The Labute approximate surface area is 126 Å². The first-order valence-electron chi connectivity index (χ1n) is 6.23. The predicted octanol–water partition coefficient (Wildman–Crippen LogP) is 3.20. The standard InChI is InChI=1S/C16H14O4S/c1-19-16(18)10-20-14-5-3-13(4-6-14)15(17)7-2-12-8-9-21-11-12/h2-9,11H,10H2,1H3. The van der Waals surface area contributed by atoms with Crippen LogP contribution in [0.4, 0.5) is 0 Å². The predicted molar refractivity (Wildman–Crippen MR) is 81.6 cm³/mol. The van der Waals surface area contributed by atoms with Gasteiger partial charge in [-0.15, -0.1) is 0 Å². The van der Waals surface area contributed by atoms with Crippen LogP contribution in [0.5, 0.6) is 5.75 Å². The van der Waals surface area contributed by atoms with Crippen LogP contribution < -0.4 is 4.74 Å². The first-order chi connectivity index (χ1) is 10.2. The van der Waals surface area contributed by atoms with Crippen LogP contribution in [-0.4, -0.2) is 25.5 Å². The highest BCUT2D eigenvalue weighted by Crippen LogP contribution is 2.14. The van der Waals surface area contributed by atoms with E-state index < -0.39 is 5.97 Å². The largest absolute Gasteiger partial charge is 0.482 e. The molecule has 0 N–H and O–H groups in total. The Hall–Kier alpha value is -2.40. The number of allylic oxidation sites excluding steroid dienone is 1. The maximum absolute atomic E-state index is 12.0. The Morgan fingerprint density at radius 2 is 1.95 bits per heavy atom. The third-order valence-corrected chi connectivity index (χ3v) is 3.39. The number of esters is 1. The molecule has 0 aliphatic rings. The Morgan fingerprint density at radius 1 is 1.19 bits per heavy atom. The zero-order valence-electron chi connectivity index (χ0n) is 11.4. The van der Waals surface area contributed by atoms with E-state index in [0.29, 0.717) is 11.3 Å². The summed E-state index contributed by atoms with van der Waals surface area (Å²) in [5.74, 6) is -0.0201. The topological polar surface area (TPSA) is 52.6 Å². The van der Waals surface area contributed by atoms with Crippen molar-refractivity contribution in [3.63, 3.8) is 0 Å². The zero-order valence-corrected chi connectivity index (χ0v) is 12.3. The lowest BCUT2D eigenvalue weighted by Gasteiger charge is -2.04. The van der Waals surface area contributed by atoms with Gasteiger partial charge in [0.25, 0.3) is 0 Å². The Morgan fingerprint density at radius 3 is 2.57 bits per heavy atom. The third-order valence-electron chi connectivity index (χ3n) is 2.69. The highest BCUT2D eigenvalue weighted by Gasteiger charge is 2.04. The zero-order chi connectivity index (χ0) is 15.1. The average molecular weight is 302 g/mol. The molecule has 2 rings (SSSR count). The first kappa shape index (κ1) is 15.0. The second kappa shape index (κ2) is 7.40. The van der Waals surface area contributed by atoms with Crippen LogP contribution in [0.3, 0.4) is 0 Å². The van der Waals surface area contributed by atoms with E-state index in [4.69, 9.17) is 4.74 Å². The van der Waals surface area contributed by atoms with E-state index in [9.17, 15) is 9.59 Å². The van der Waals surface area contributed by atoms with Gasteiger partial charge < -0.3 is 9.47 Å². The molecule has 2 aromatic rings. The summed E-state index contributed by atoms with van der Waals surface area (Å²) in [6.07, 6.45) is 3.31. The monoisotopic (exact) mass is 302 g/mol. The van der Waals surface area contributed by atoms with E-state index in [-0.39, 0.29) is 12.4 Å². The SMILES string of the molecule is COC(=O)COc1ccc(C(=O)C=Cc2ccsc2)cc1. The quantitative estimate of drug-likeness (QED) is 0.467. The molecule has 0 atom stereocenters. The van der Waals surface area contributed by atoms with Gasteiger partial charge in [0, 0.05) is 5.56 Å². The molecule has 1 heterocycles. The first-order valence-corrected chi connectivity index (χ1v) is 7.17. The van der Waals surface area contributed by atoms with Crippen LogP contribution in [0.15, 0.2) is 47.2 Å². The van der Waals surface area contributed by atoms with Crippen molar-refractivity contribution < 1.29 is 19.1 Å². The molecule has 0 aliphatic carbocycles. The number of ether oxygens (including phenoxy) is 2. The summed E-state index contributed by atoms with van der Waals surface area (Å²) in [5.41, 5.74) is 1.57. The van der Waals surface area contributed by atoms with Crippen molar-refractivity contribution in [1.29, 1.82) is 0 Å². The summed E-state index contributed by atoms with van der Waals surface area (Å²) in [4.78, 5) is 22.9. The molecule has 0 aliphatic heterocycles. The van der Waals surface area contributed by atoms with Crippen molar-refractivity contribution in [3.05, 3.63) is 58.3 Å². The van der Waals surface area contributed by atoms with Crippen LogP contribution in [0.2, 0.25) is 0 Å².